The fourth-order valence-corrected chi connectivity index (χ4v) is 3.18. The third kappa shape index (κ3) is 3.20. The fraction of sp³-hybridized carbons (Fsp3) is 0.278. The zero-order chi connectivity index (χ0) is 18.3. The summed E-state index contributed by atoms with van der Waals surface area (Å²) in [6.45, 7) is 1.30. The van der Waals surface area contributed by atoms with Gasteiger partial charge in [-0.2, -0.15) is 13.2 Å². The van der Waals surface area contributed by atoms with E-state index in [1.54, 1.807) is 0 Å². The second kappa shape index (κ2) is 6.21. The lowest BCUT2D eigenvalue weighted by Gasteiger charge is -2.27. The summed E-state index contributed by atoms with van der Waals surface area (Å²) < 4.78 is 38.3. The molecule has 1 aromatic carbocycles. The number of aromatic amines is 1. The Hall–Kier alpha value is -2.74. The molecule has 0 radical (unpaired) electrons. The minimum Gasteiger partial charge on any atom is -0.303 e. The van der Waals surface area contributed by atoms with Gasteiger partial charge in [-0.3, -0.25) is 14.7 Å². The Labute approximate surface area is 146 Å². The van der Waals surface area contributed by atoms with Gasteiger partial charge in [-0.15, -0.1) is 0 Å². The molecule has 8 heteroatoms. The van der Waals surface area contributed by atoms with Crippen LogP contribution in [0.3, 0.4) is 0 Å². The molecule has 0 atom stereocenters. The summed E-state index contributed by atoms with van der Waals surface area (Å²) in [6.07, 6.45) is -4.35. The number of H-pyrrole nitrogens is 1. The van der Waals surface area contributed by atoms with Crippen LogP contribution >= 0.6 is 0 Å². The SMILES string of the molecule is O=c1[nH]c(C(F)(F)F)nc2c1CN(Cc1ccc3ccccc3n1)CC2. The number of rotatable bonds is 2. The van der Waals surface area contributed by atoms with E-state index in [4.69, 9.17) is 0 Å². The van der Waals surface area contributed by atoms with Crippen LogP contribution in [0.5, 0.6) is 0 Å². The molecule has 26 heavy (non-hydrogen) atoms. The van der Waals surface area contributed by atoms with Crippen LogP contribution in [0.4, 0.5) is 13.2 Å². The lowest BCUT2D eigenvalue weighted by molar-refractivity contribution is -0.145. The summed E-state index contributed by atoms with van der Waals surface area (Å²) in [5.41, 5.74) is 1.53. The van der Waals surface area contributed by atoms with Gasteiger partial charge in [0, 0.05) is 31.4 Å². The maximum Gasteiger partial charge on any atom is 0.449 e. The van der Waals surface area contributed by atoms with Crippen molar-refractivity contribution in [3.05, 3.63) is 69.5 Å². The summed E-state index contributed by atoms with van der Waals surface area (Å²) in [5, 5.41) is 1.04. The predicted molar refractivity (Wildman–Crippen MR) is 89.4 cm³/mol. The standard InChI is InChI=1S/C18H15F3N4O/c19-18(20,21)17-23-15-7-8-25(10-13(15)16(26)24-17)9-12-6-5-11-3-1-2-4-14(11)22-12/h1-6H,7-10H2,(H,23,24,26). The minimum absolute atomic E-state index is 0.226. The molecule has 0 saturated carbocycles. The largest absolute Gasteiger partial charge is 0.449 e. The van der Waals surface area contributed by atoms with Gasteiger partial charge >= 0.3 is 6.18 Å². The first-order valence-electron chi connectivity index (χ1n) is 8.16. The van der Waals surface area contributed by atoms with Gasteiger partial charge in [-0.1, -0.05) is 24.3 Å². The summed E-state index contributed by atoms with van der Waals surface area (Å²) in [7, 11) is 0. The highest BCUT2D eigenvalue weighted by Crippen LogP contribution is 2.26. The minimum atomic E-state index is -4.65. The highest BCUT2D eigenvalue weighted by atomic mass is 19.4. The maximum absolute atomic E-state index is 12.8. The molecule has 5 nitrogen and oxygen atoms in total. The summed E-state index contributed by atoms with van der Waals surface area (Å²) in [6, 6.07) is 11.7. The Bertz CT molecular complexity index is 1030. The van der Waals surface area contributed by atoms with Gasteiger partial charge < -0.3 is 4.98 Å². The van der Waals surface area contributed by atoms with E-state index < -0.39 is 17.6 Å². The fourth-order valence-electron chi connectivity index (χ4n) is 3.18. The first-order valence-corrected chi connectivity index (χ1v) is 8.16. The maximum atomic E-state index is 12.8. The zero-order valence-electron chi connectivity index (χ0n) is 13.7. The number of halogens is 3. The van der Waals surface area contributed by atoms with Crippen LogP contribution in [-0.2, 0) is 25.7 Å². The molecule has 0 bridgehead atoms. The van der Waals surface area contributed by atoms with Gasteiger partial charge in [0.1, 0.15) is 0 Å². The van der Waals surface area contributed by atoms with Crippen molar-refractivity contribution in [2.45, 2.75) is 25.7 Å². The molecule has 0 unspecified atom stereocenters. The monoisotopic (exact) mass is 360 g/mol. The number of pyridine rings is 1. The lowest BCUT2D eigenvalue weighted by atomic mass is 10.1. The van der Waals surface area contributed by atoms with Gasteiger partial charge in [-0.05, 0) is 12.1 Å². The molecule has 3 aromatic rings. The summed E-state index contributed by atoms with van der Waals surface area (Å²) >= 11 is 0. The quantitative estimate of drug-likeness (QED) is 0.763. The van der Waals surface area contributed by atoms with Crippen molar-refractivity contribution < 1.29 is 13.2 Å². The topological polar surface area (TPSA) is 61.9 Å². The molecule has 0 fully saturated rings. The van der Waals surface area contributed by atoms with E-state index in [0.29, 0.717) is 25.1 Å². The van der Waals surface area contributed by atoms with Gasteiger partial charge in [0.15, 0.2) is 0 Å². The van der Waals surface area contributed by atoms with Gasteiger partial charge in [0.2, 0.25) is 5.82 Å². The van der Waals surface area contributed by atoms with Crippen molar-refractivity contribution in [2.75, 3.05) is 6.54 Å². The van der Waals surface area contributed by atoms with E-state index in [9.17, 15) is 18.0 Å². The normalized spacial score (nSPS) is 15.2. The lowest BCUT2D eigenvalue weighted by Crippen LogP contribution is -2.36. The van der Waals surface area contributed by atoms with Crippen molar-refractivity contribution in [3.8, 4) is 0 Å². The molecule has 0 spiro atoms. The van der Waals surface area contributed by atoms with E-state index in [-0.39, 0.29) is 12.2 Å². The molecule has 1 aliphatic heterocycles. The number of alkyl halides is 3. The molecule has 3 heterocycles. The molecule has 1 N–H and O–H groups in total. The van der Waals surface area contributed by atoms with Crippen molar-refractivity contribution >= 4 is 10.9 Å². The number of nitrogens with one attached hydrogen (secondary N) is 1. The number of hydrogen-bond donors (Lipinski definition) is 1. The number of para-hydroxylation sites is 1. The molecule has 134 valence electrons. The average molecular weight is 360 g/mol. The Balaban J connectivity index is 1.57. The third-order valence-electron chi connectivity index (χ3n) is 4.46. The number of hydrogen-bond acceptors (Lipinski definition) is 4. The smallest absolute Gasteiger partial charge is 0.303 e. The Morgan fingerprint density at radius 1 is 1.12 bits per heavy atom. The Morgan fingerprint density at radius 3 is 2.73 bits per heavy atom. The van der Waals surface area contributed by atoms with Crippen molar-refractivity contribution in [1.29, 1.82) is 0 Å². The average Bonchev–Trinajstić information content (AvgIpc) is 2.61. The van der Waals surface area contributed by atoms with E-state index in [1.165, 1.54) is 0 Å². The van der Waals surface area contributed by atoms with Gasteiger partial charge in [0.05, 0.1) is 22.5 Å². The van der Waals surface area contributed by atoms with Crippen LogP contribution in [0.15, 0.2) is 41.2 Å². The molecule has 4 rings (SSSR count). The van der Waals surface area contributed by atoms with Crippen LogP contribution in [0.2, 0.25) is 0 Å². The van der Waals surface area contributed by atoms with Crippen LogP contribution in [-0.4, -0.2) is 26.4 Å². The van der Waals surface area contributed by atoms with Crippen LogP contribution in [0, 0.1) is 0 Å². The highest BCUT2D eigenvalue weighted by Gasteiger charge is 2.35. The first-order chi connectivity index (χ1) is 12.4. The molecule has 2 aromatic heterocycles. The molecule has 0 saturated heterocycles. The molecule has 1 aliphatic rings. The van der Waals surface area contributed by atoms with Crippen LogP contribution < -0.4 is 5.56 Å². The van der Waals surface area contributed by atoms with Gasteiger partial charge in [-0.25, -0.2) is 4.98 Å². The Morgan fingerprint density at radius 2 is 1.92 bits per heavy atom. The van der Waals surface area contributed by atoms with E-state index in [0.717, 1.165) is 16.6 Å². The summed E-state index contributed by atoms with van der Waals surface area (Å²) in [4.78, 5) is 24.1. The first kappa shape index (κ1) is 16.7. The van der Waals surface area contributed by atoms with Crippen molar-refractivity contribution in [1.82, 2.24) is 19.9 Å². The molecular formula is C18H15F3N4O. The van der Waals surface area contributed by atoms with E-state index in [2.05, 4.69) is 9.97 Å². The number of benzene rings is 1. The van der Waals surface area contributed by atoms with Crippen molar-refractivity contribution in [3.63, 3.8) is 0 Å². The van der Waals surface area contributed by atoms with Gasteiger partial charge in [0.25, 0.3) is 5.56 Å². The Kier molecular flexibility index (Phi) is 3.99. The van der Waals surface area contributed by atoms with E-state index >= 15 is 0 Å². The van der Waals surface area contributed by atoms with E-state index in [1.807, 2.05) is 46.3 Å². The van der Waals surface area contributed by atoms with Crippen LogP contribution in [0.25, 0.3) is 10.9 Å². The third-order valence-corrected chi connectivity index (χ3v) is 4.46. The second-order valence-electron chi connectivity index (χ2n) is 6.29. The molecule has 0 amide bonds. The second-order valence-corrected chi connectivity index (χ2v) is 6.29. The van der Waals surface area contributed by atoms with Crippen molar-refractivity contribution in [2.24, 2.45) is 0 Å². The van der Waals surface area contributed by atoms with Crippen LogP contribution in [0.1, 0.15) is 22.8 Å². The number of fused-ring (bicyclic) bond motifs is 2. The molecular weight excluding hydrogens is 345 g/mol. The number of nitrogens with zero attached hydrogens (tertiary/aromatic N) is 3. The zero-order valence-corrected chi connectivity index (χ0v) is 13.7. The molecule has 0 aliphatic carbocycles. The summed E-state index contributed by atoms with van der Waals surface area (Å²) in [5.74, 6) is -1.23. The number of aromatic nitrogens is 3. The highest BCUT2D eigenvalue weighted by molar-refractivity contribution is 5.78. The predicted octanol–water partition coefficient (Wildman–Crippen LogP) is 2.90.